The van der Waals surface area contributed by atoms with E-state index in [0.717, 1.165) is 25.8 Å². The molecule has 2 atom stereocenters. The third kappa shape index (κ3) is 11.1. The summed E-state index contributed by atoms with van der Waals surface area (Å²) in [7, 11) is 0. The summed E-state index contributed by atoms with van der Waals surface area (Å²) < 4.78 is 0. The molecule has 2 nitrogen and oxygen atoms in total. The number of allylic oxidation sites excluding steroid dienone is 1. The zero-order chi connectivity index (χ0) is 18.2. The van der Waals surface area contributed by atoms with Gasteiger partial charge in [0.25, 0.3) is 0 Å². The van der Waals surface area contributed by atoms with E-state index in [9.17, 15) is 5.11 Å². The molecule has 0 saturated heterocycles. The monoisotopic (exact) mass is 351 g/mol. The molecule has 0 radical (unpaired) electrons. The molecule has 1 rings (SSSR count). The first-order chi connectivity index (χ1) is 12.3. The molecule has 148 valence electrons. The summed E-state index contributed by atoms with van der Waals surface area (Å²) in [6.07, 6.45) is 23.3. The maximum Gasteiger partial charge on any atom is 0.0731 e. The quantitative estimate of drug-likeness (QED) is 0.260. The summed E-state index contributed by atoms with van der Waals surface area (Å²) in [5.41, 5.74) is 1.47. The van der Waals surface area contributed by atoms with Crippen LogP contribution in [0.25, 0.3) is 0 Å². The lowest BCUT2D eigenvalue weighted by Gasteiger charge is -2.31. The number of aliphatic hydroxyl groups is 1. The molecule has 1 aliphatic rings. The second kappa shape index (κ2) is 15.9. The van der Waals surface area contributed by atoms with Crippen molar-refractivity contribution < 1.29 is 5.11 Å². The van der Waals surface area contributed by atoms with Crippen molar-refractivity contribution in [2.24, 2.45) is 0 Å². The summed E-state index contributed by atoms with van der Waals surface area (Å²) in [4.78, 5) is 0. The Morgan fingerprint density at radius 2 is 1.48 bits per heavy atom. The van der Waals surface area contributed by atoms with Crippen LogP contribution in [0.3, 0.4) is 0 Å². The van der Waals surface area contributed by atoms with Crippen LogP contribution in [0.15, 0.2) is 11.6 Å². The molecule has 25 heavy (non-hydrogen) atoms. The van der Waals surface area contributed by atoms with Gasteiger partial charge in [0.2, 0.25) is 0 Å². The highest BCUT2D eigenvalue weighted by molar-refractivity contribution is 5.16. The van der Waals surface area contributed by atoms with Gasteiger partial charge in [0.15, 0.2) is 0 Å². The molecule has 0 aromatic rings. The van der Waals surface area contributed by atoms with E-state index in [2.05, 4.69) is 25.2 Å². The highest BCUT2D eigenvalue weighted by Crippen LogP contribution is 2.25. The molecule has 0 aliphatic heterocycles. The van der Waals surface area contributed by atoms with Crippen LogP contribution in [-0.4, -0.2) is 23.8 Å². The van der Waals surface area contributed by atoms with Crippen molar-refractivity contribution in [2.75, 3.05) is 6.54 Å². The minimum atomic E-state index is -0.177. The van der Waals surface area contributed by atoms with E-state index in [1.165, 1.54) is 89.0 Å². The maximum absolute atomic E-state index is 10.3. The van der Waals surface area contributed by atoms with Crippen LogP contribution in [0, 0.1) is 0 Å². The van der Waals surface area contributed by atoms with Gasteiger partial charge in [0, 0.05) is 0 Å². The van der Waals surface area contributed by atoms with Crippen LogP contribution in [0.4, 0.5) is 0 Å². The topological polar surface area (TPSA) is 32.3 Å². The molecule has 1 saturated carbocycles. The van der Waals surface area contributed by atoms with Gasteiger partial charge in [0.05, 0.1) is 12.1 Å². The molecule has 1 fully saturated rings. The summed E-state index contributed by atoms with van der Waals surface area (Å²) in [6, 6.07) is 0.224. The van der Waals surface area contributed by atoms with Crippen molar-refractivity contribution in [1.82, 2.24) is 5.32 Å². The second-order valence-electron chi connectivity index (χ2n) is 7.99. The van der Waals surface area contributed by atoms with Crippen molar-refractivity contribution in [3.63, 3.8) is 0 Å². The van der Waals surface area contributed by atoms with Crippen molar-refractivity contribution in [2.45, 2.75) is 129 Å². The van der Waals surface area contributed by atoms with E-state index in [1.54, 1.807) is 0 Å². The Kier molecular flexibility index (Phi) is 14.4. The van der Waals surface area contributed by atoms with Gasteiger partial charge in [0.1, 0.15) is 0 Å². The molecule has 0 amide bonds. The Morgan fingerprint density at radius 3 is 2.08 bits per heavy atom. The van der Waals surface area contributed by atoms with Crippen LogP contribution in [0.2, 0.25) is 0 Å². The van der Waals surface area contributed by atoms with Gasteiger partial charge < -0.3 is 10.4 Å². The summed E-state index contributed by atoms with van der Waals surface area (Å²) in [6.45, 7) is 5.49. The first-order valence-corrected chi connectivity index (χ1v) is 11.4. The van der Waals surface area contributed by atoms with Gasteiger partial charge in [-0.1, -0.05) is 89.7 Å². The number of unbranched alkanes of at least 4 members (excludes halogenated alkanes) is 11. The molecule has 0 aromatic carbocycles. The average Bonchev–Trinajstić information content (AvgIpc) is 2.62. The van der Waals surface area contributed by atoms with Gasteiger partial charge >= 0.3 is 0 Å². The summed E-state index contributed by atoms with van der Waals surface area (Å²) in [5, 5.41) is 13.8. The third-order valence-corrected chi connectivity index (χ3v) is 5.58. The molecule has 0 bridgehead atoms. The van der Waals surface area contributed by atoms with Gasteiger partial charge in [-0.3, -0.25) is 0 Å². The molecule has 0 spiro atoms. The van der Waals surface area contributed by atoms with E-state index in [-0.39, 0.29) is 12.1 Å². The highest BCUT2D eigenvalue weighted by atomic mass is 16.3. The fraction of sp³-hybridized carbons (Fsp3) is 0.913. The predicted molar refractivity (Wildman–Crippen MR) is 111 cm³/mol. The Hall–Kier alpha value is -0.340. The standard InChI is InChI=1S/C23H45NO/c1-3-5-6-7-8-9-10-11-12-13-14-15-17-21-18-16-19-22(25)23(21)24-20-4-2/h17,22-25H,3-16,18-20H2,1-2H3/b21-17-/t22-,23-/m0/s1. The Morgan fingerprint density at radius 1 is 0.880 bits per heavy atom. The summed E-state index contributed by atoms with van der Waals surface area (Å²) in [5.74, 6) is 0. The first kappa shape index (κ1) is 22.7. The van der Waals surface area contributed by atoms with E-state index in [4.69, 9.17) is 0 Å². The van der Waals surface area contributed by atoms with Gasteiger partial charge in [-0.25, -0.2) is 0 Å². The van der Waals surface area contributed by atoms with Crippen LogP contribution in [0.1, 0.15) is 117 Å². The number of hydrogen-bond acceptors (Lipinski definition) is 2. The minimum Gasteiger partial charge on any atom is -0.391 e. The normalized spacial score (nSPS) is 22.6. The fourth-order valence-electron chi connectivity index (χ4n) is 3.98. The maximum atomic E-state index is 10.3. The van der Waals surface area contributed by atoms with Crippen LogP contribution < -0.4 is 5.32 Å². The largest absolute Gasteiger partial charge is 0.391 e. The van der Waals surface area contributed by atoms with Crippen molar-refractivity contribution in [3.05, 3.63) is 11.6 Å². The Balaban J connectivity index is 2.04. The van der Waals surface area contributed by atoms with Gasteiger partial charge in [-0.05, 0) is 45.1 Å². The van der Waals surface area contributed by atoms with Crippen molar-refractivity contribution in [1.29, 1.82) is 0 Å². The highest BCUT2D eigenvalue weighted by Gasteiger charge is 2.26. The molecule has 2 N–H and O–H groups in total. The zero-order valence-corrected chi connectivity index (χ0v) is 17.2. The average molecular weight is 352 g/mol. The number of aliphatic hydroxyl groups excluding tert-OH is 1. The van der Waals surface area contributed by atoms with E-state index >= 15 is 0 Å². The SMILES string of the molecule is CCCCCCCCCCCCC/C=C1/CCC[C@H](O)[C@H]1NCCC. The number of hydrogen-bond donors (Lipinski definition) is 2. The Labute approximate surface area is 157 Å². The fourth-order valence-corrected chi connectivity index (χ4v) is 3.98. The Bertz CT molecular complexity index is 326. The van der Waals surface area contributed by atoms with Crippen molar-refractivity contribution >= 4 is 0 Å². The minimum absolute atomic E-state index is 0.177. The van der Waals surface area contributed by atoms with E-state index in [0.29, 0.717) is 0 Å². The lowest BCUT2D eigenvalue weighted by Crippen LogP contribution is -2.44. The second-order valence-corrected chi connectivity index (χ2v) is 7.99. The lowest BCUT2D eigenvalue weighted by molar-refractivity contribution is 0.115. The van der Waals surface area contributed by atoms with Crippen LogP contribution in [0.5, 0.6) is 0 Å². The molecular weight excluding hydrogens is 306 g/mol. The first-order valence-electron chi connectivity index (χ1n) is 11.4. The van der Waals surface area contributed by atoms with Crippen LogP contribution in [-0.2, 0) is 0 Å². The molecule has 2 heteroatoms. The van der Waals surface area contributed by atoms with E-state index in [1.807, 2.05) is 0 Å². The molecule has 0 aromatic heterocycles. The molecule has 0 unspecified atom stereocenters. The predicted octanol–water partition coefficient (Wildman–Crippen LogP) is 6.53. The molecular formula is C23H45NO. The third-order valence-electron chi connectivity index (χ3n) is 5.58. The summed E-state index contributed by atoms with van der Waals surface area (Å²) >= 11 is 0. The number of nitrogens with one attached hydrogen (secondary N) is 1. The van der Waals surface area contributed by atoms with Gasteiger partial charge in [-0.15, -0.1) is 0 Å². The molecule has 0 heterocycles. The number of rotatable bonds is 15. The smallest absolute Gasteiger partial charge is 0.0731 e. The van der Waals surface area contributed by atoms with Gasteiger partial charge in [-0.2, -0.15) is 0 Å². The molecule has 1 aliphatic carbocycles. The van der Waals surface area contributed by atoms with Crippen LogP contribution >= 0.6 is 0 Å². The van der Waals surface area contributed by atoms with E-state index < -0.39 is 0 Å². The van der Waals surface area contributed by atoms with Crippen molar-refractivity contribution in [3.8, 4) is 0 Å². The zero-order valence-electron chi connectivity index (χ0n) is 17.2. The lowest BCUT2D eigenvalue weighted by atomic mass is 9.86.